The summed E-state index contributed by atoms with van der Waals surface area (Å²) in [5, 5.41) is 1.06. The van der Waals surface area contributed by atoms with Gasteiger partial charge in [-0.2, -0.15) is 12.6 Å². The van der Waals surface area contributed by atoms with Crippen LogP contribution in [0.3, 0.4) is 0 Å². The molecule has 0 aliphatic heterocycles. The first-order chi connectivity index (χ1) is 9.20. The Hall–Kier alpha value is -1.26. The first-order valence-electron chi connectivity index (χ1n) is 6.46. The fourth-order valence-corrected chi connectivity index (χ4v) is 2.20. The van der Waals surface area contributed by atoms with Gasteiger partial charge in [-0.05, 0) is 44.8 Å². The van der Waals surface area contributed by atoms with E-state index in [0.717, 1.165) is 29.6 Å². The monoisotopic (exact) mass is 276 g/mol. The van der Waals surface area contributed by atoms with Crippen molar-refractivity contribution in [2.75, 3.05) is 26.4 Å². The molecule has 1 unspecified atom stereocenters. The maximum Gasteiger partial charge on any atom is 0.129 e. The standard InChI is InChI=1S/C15H20N2OS/c1-17(2)10-8-12(11-19)18-15-7-3-6-14-13(15)5-4-9-16-14/h3-7,9,12,19H,8,10-11H2,1-2H3. The number of rotatable bonds is 6. The minimum atomic E-state index is 0.122. The predicted molar refractivity (Wildman–Crippen MR) is 83.2 cm³/mol. The topological polar surface area (TPSA) is 25.4 Å². The Morgan fingerprint density at radius 1 is 1.26 bits per heavy atom. The van der Waals surface area contributed by atoms with Crippen molar-refractivity contribution in [3.05, 3.63) is 36.5 Å². The molecule has 0 spiro atoms. The SMILES string of the molecule is CN(C)CCC(CS)Oc1cccc2ncccc12. The van der Waals surface area contributed by atoms with Crippen molar-refractivity contribution in [2.24, 2.45) is 0 Å². The van der Waals surface area contributed by atoms with E-state index in [0.29, 0.717) is 5.75 Å². The third-order valence-electron chi connectivity index (χ3n) is 3.00. The van der Waals surface area contributed by atoms with Crippen LogP contribution in [0.4, 0.5) is 0 Å². The summed E-state index contributed by atoms with van der Waals surface area (Å²) in [5.74, 6) is 1.60. The van der Waals surface area contributed by atoms with Crippen molar-refractivity contribution in [2.45, 2.75) is 12.5 Å². The third kappa shape index (κ3) is 3.85. The van der Waals surface area contributed by atoms with Crippen molar-refractivity contribution in [3.63, 3.8) is 0 Å². The van der Waals surface area contributed by atoms with Gasteiger partial charge in [0.15, 0.2) is 0 Å². The normalized spacial score (nSPS) is 12.8. The summed E-state index contributed by atoms with van der Waals surface area (Å²) in [5.41, 5.74) is 0.963. The van der Waals surface area contributed by atoms with E-state index in [2.05, 4.69) is 36.6 Å². The highest BCUT2D eigenvalue weighted by molar-refractivity contribution is 7.80. The molecular weight excluding hydrogens is 256 g/mol. The second-order valence-electron chi connectivity index (χ2n) is 4.84. The molecule has 19 heavy (non-hydrogen) atoms. The molecule has 0 amide bonds. The quantitative estimate of drug-likeness (QED) is 0.821. The average Bonchev–Trinajstić information content (AvgIpc) is 2.43. The van der Waals surface area contributed by atoms with Crippen molar-refractivity contribution in [1.82, 2.24) is 9.88 Å². The van der Waals surface area contributed by atoms with Crippen LogP contribution >= 0.6 is 12.6 Å². The number of pyridine rings is 1. The highest BCUT2D eigenvalue weighted by Gasteiger charge is 2.11. The number of fused-ring (bicyclic) bond motifs is 1. The van der Waals surface area contributed by atoms with Gasteiger partial charge >= 0.3 is 0 Å². The molecule has 0 saturated heterocycles. The molecule has 0 N–H and O–H groups in total. The first kappa shape index (κ1) is 14.2. The zero-order chi connectivity index (χ0) is 13.7. The molecule has 0 bridgehead atoms. The molecule has 2 rings (SSSR count). The van der Waals surface area contributed by atoms with Gasteiger partial charge in [0, 0.05) is 23.9 Å². The second kappa shape index (κ2) is 6.78. The van der Waals surface area contributed by atoms with E-state index < -0.39 is 0 Å². The molecule has 1 atom stereocenters. The fourth-order valence-electron chi connectivity index (χ4n) is 1.95. The predicted octanol–water partition coefficient (Wildman–Crippen LogP) is 2.86. The average molecular weight is 276 g/mol. The van der Waals surface area contributed by atoms with Gasteiger partial charge in [-0.25, -0.2) is 0 Å². The zero-order valence-electron chi connectivity index (χ0n) is 11.4. The smallest absolute Gasteiger partial charge is 0.129 e. The lowest BCUT2D eigenvalue weighted by atomic mass is 10.2. The zero-order valence-corrected chi connectivity index (χ0v) is 12.3. The maximum absolute atomic E-state index is 6.08. The summed E-state index contributed by atoms with van der Waals surface area (Å²) < 4.78 is 6.08. The molecule has 0 radical (unpaired) electrons. The van der Waals surface area contributed by atoms with Gasteiger partial charge in [0.05, 0.1) is 5.52 Å². The van der Waals surface area contributed by atoms with E-state index in [4.69, 9.17) is 4.74 Å². The van der Waals surface area contributed by atoms with E-state index in [9.17, 15) is 0 Å². The Balaban J connectivity index is 2.15. The number of ether oxygens (including phenoxy) is 1. The Labute approximate surface area is 120 Å². The van der Waals surface area contributed by atoms with E-state index in [1.165, 1.54) is 0 Å². The van der Waals surface area contributed by atoms with Crippen molar-refractivity contribution >= 4 is 23.5 Å². The third-order valence-corrected chi connectivity index (χ3v) is 3.41. The largest absolute Gasteiger partial charge is 0.489 e. The summed E-state index contributed by atoms with van der Waals surface area (Å²) in [7, 11) is 4.13. The Kier molecular flexibility index (Phi) is 5.05. The van der Waals surface area contributed by atoms with E-state index in [-0.39, 0.29) is 6.10 Å². The number of hydrogen-bond donors (Lipinski definition) is 1. The van der Waals surface area contributed by atoms with Crippen LogP contribution in [0, 0.1) is 0 Å². The molecule has 4 heteroatoms. The molecule has 0 aliphatic rings. The van der Waals surface area contributed by atoms with Crippen LogP contribution in [0.2, 0.25) is 0 Å². The lowest BCUT2D eigenvalue weighted by Crippen LogP contribution is -2.25. The molecule has 1 aromatic carbocycles. The van der Waals surface area contributed by atoms with Gasteiger partial charge in [-0.3, -0.25) is 4.98 Å². The van der Waals surface area contributed by atoms with Gasteiger partial charge in [0.2, 0.25) is 0 Å². The van der Waals surface area contributed by atoms with Crippen molar-refractivity contribution < 1.29 is 4.74 Å². The van der Waals surface area contributed by atoms with Gasteiger partial charge in [0.1, 0.15) is 11.9 Å². The minimum Gasteiger partial charge on any atom is -0.489 e. The number of aromatic nitrogens is 1. The lowest BCUT2D eigenvalue weighted by Gasteiger charge is -2.20. The molecule has 2 aromatic rings. The van der Waals surface area contributed by atoms with Crippen LogP contribution in [0.5, 0.6) is 5.75 Å². The minimum absolute atomic E-state index is 0.122. The fraction of sp³-hybridized carbons (Fsp3) is 0.400. The van der Waals surface area contributed by atoms with E-state index >= 15 is 0 Å². The summed E-state index contributed by atoms with van der Waals surface area (Å²) in [6.45, 7) is 0.994. The highest BCUT2D eigenvalue weighted by atomic mass is 32.1. The lowest BCUT2D eigenvalue weighted by molar-refractivity contribution is 0.201. The number of hydrogen-bond acceptors (Lipinski definition) is 4. The summed E-state index contributed by atoms with van der Waals surface area (Å²) in [6, 6.07) is 9.95. The maximum atomic E-state index is 6.08. The molecule has 0 aliphatic carbocycles. The van der Waals surface area contributed by atoms with Crippen LogP contribution in [-0.4, -0.2) is 42.4 Å². The summed E-state index contributed by atoms with van der Waals surface area (Å²) in [4.78, 5) is 6.50. The Bertz CT molecular complexity index is 525. The first-order valence-corrected chi connectivity index (χ1v) is 7.10. The molecular formula is C15H20N2OS. The number of thiol groups is 1. The Morgan fingerprint density at radius 2 is 2.11 bits per heavy atom. The second-order valence-corrected chi connectivity index (χ2v) is 5.21. The van der Waals surface area contributed by atoms with Crippen LogP contribution in [0.15, 0.2) is 36.5 Å². The molecule has 0 fully saturated rings. The van der Waals surface area contributed by atoms with Crippen LogP contribution in [0.25, 0.3) is 10.9 Å². The number of benzene rings is 1. The summed E-state index contributed by atoms with van der Waals surface area (Å²) >= 11 is 4.38. The summed E-state index contributed by atoms with van der Waals surface area (Å²) in [6.07, 6.45) is 2.89. The van der Waals surface area contributed by atoms with E-state index in [1.807, 2.05) is 30.3 Å². The molecule has 102 valence electrons. The molecule has 1 aromatic heterocycles. The molecule has 1 heterocycles. The molecule has 3 nitrogen and oxygen atoms in total. The molecule has 0 saturated carbocycles. The number of nitrogens with zero attached hydrogens (tertiary/aromatic N) is 2. The Morgan fingerprint density at radius 3 is 2.84 bits per heavy atom. The highest BCUT2D eigenvalue weighted by Crippen LogP contribution is 2.25. The van der Waals surface area contributed by atoms with Crippen LogP contribution < -0.4 is 4.74 Å². The van der Waals surface area contributed by atoms with Crippen LogP contribution in [0.1, 0.15) is 6.42 Å². The van der Waals surface area contributed by atoms with Crippen molar-refractivity contribution in [3.8, 4) is 5.75 Å². The van der Waals surface area contributed by atoms with Gasteiger partial charge in [0.25, 0.3) is 0 Å². The van der Waals surface area contributed by atoms with E-state index in [1.54, 1.807) is 6.20 Å². The van der Waals surface area contributed by atoms with Gasteiger partial charge in [-0.15, -0.1) is 0 Å². The van der Waals surface area contributed by atoms with Crippen LogP contribution in [-0.2, 0) is 0 Å². The van der Waals surface area contributed by atoms with Gasteiger partial charge < -0.3 is 9.64 Å². The van der Waals surface area contributed by atoms with Gasteiger partial charge in [-0.1, -0.05) is 6.07 Å². The van der Waals surface area contributed by atoms with Crippen molar-refractivity contribution in [1.29, 1.82) is 0 Å².